The Bertz CT molecular complexity index is 2140. The summed E-state index contributed by atoms with van der Waals surface area (Å²) in [6.07, 6.45) is 8.52. The molecule has 9 rings (SSSR count). The number of carbonyl (C=O) groups excluding carboxylic acids is 1. The molecule has 3 aliphatic rings. The third kappa shape index (κ3) is 4.14. The van der Waals surface area contributed by atoms with Gasteiger partial charge in [0.1, 0.15) is 28.4 Å². The van der Waals surface area contributed by atoms with Crippen molar-refractivity contribution in [1.29, 1.82) is 0 Å². The van der Waals surface area contributed by atoms with Crippen LogP contribution in [0, 0.1) is 5.92 Å². The summed E-state index contributed by atoms with van der Waals surface area (Å²) in [5.74, 6) is 2.50. The van der Waals surface area contributed by atoms with Crippen LogP contribution in [-0.4, -0.2) is 72.0 Å². The molecule has 2 aliphatic heterocycles. The molecule has 1 aliphatic carbocycles. The van der Waals surface area contributed by atoms with E-state index in [4.69, 9.17) is 30.3 Å². The molecule has 0 spiro atoms. The number of aryl methyl sites for hydroxylation is 1. The Balaban J connectivity index is 1.24. The van der Waals surface area contributed by atoms with Gasteiger partial charge >= 0.3 is 0 Å². The molecule has 2 N–H and O–H groups in total. The van der Waals surface area contributed by atoms with Crippen LogP contribution in [0.5, 0.6) is 11.5 Å². The summed E-state index contributed by atoms with van der Waals surface area (Å²) in [6, 6.07) is 18.0. The summed E-state index contributed by atoms with van der Waals surface area (Å²) in [5, 5.41) is 5.74. The van der Waals surface area contributed by atoms with Gasteiger partial charge < -0.3 is 29.2 Å². The minimum Gasteiger partial charge on any atom is -0.494 e. The second-order valence-corrected chi connectivity index (χ2v) is 12.6. The summed E-state index contributed by atoms with van der Waals surface area (Å²) in [4.78, 5) is 25.9. The predicted octanol–water partition coefficient (Wildman–Crippen LogP) is 4.64. The van der Waals surface area contributed by atoms with Crippen LogP contribution in [0.15, 0.2) is 73.2 Å². The zero-order chi connectivity index (χ0) is 30.9. The van der Waals surface area contributed by atoms with Gasteiger partial charge in [-0.1, -0.05) is 12.1 Å². The zero-order valence-corrected chi connectivity index (χ0v) is 25.5. The number of methoxy groups -OCH3 is 1. The van der Waals surface area contributed by atoms with Crippen LogP contribution < -0.4 is 15.2 Å². The number of pyridine rings is 1. The van der Waals surface area contributed by atoms with Crippen molar-refractivity contribution in [3.8, 4) is 28.7 Å². The summed E-state index contributed by atoms with van der Waals surface area (Å²) < 4.78 is 18.5. The van der Waals surface area contributed by atoms with Gasteiger partial charge in [-0.15, -0.1) is 0 Å². The van der Waals surface area contributed by atoms with Crippen LogP contribution in [0.3, 0.4) is 0 Å². The standard InChI is InChI=1S/C35H34N8O3/c1-45-30-16-24(35(44)41-20-23-9-10-27(41)31(23)36)14-25-32(30)42-18-21-17-38-43(19-21)26-7-2-3-8-29(26)46-13-5-12-40-28(34(42)39-25)15-22-6-4-11-37-33(22)40/h2-4,6-8,11,14-17,19,23,27,31H,5,9-10,12-13,18,20,36H2,1H3/t23?,27?,31-/m1/s1. The number of carbonyl (C=O) groups is 1. The molecule has 0 radical (unpaired) electrons. The Kier molecular flexibility index (Phi) is 6.17. The van der Waals surface area contributed by atoms with Crippen molar-refractivity contribution in [3.63, 3.8) is 0 Å². The van der Waals surface area contributed by atoms with E-state index >= 15 is 0 Å². The van der Waals surface area contributed by atoms with Crippen molar-refractivity contribution in [2.45, 2.75) is 44.4 Å². The second kappa shape index (κ2) is 10.4. The number of imidazole rings is 1. The summed E-state index contributed by atoms with van der Waals surface area (Å²) in [7, 11) is 1.65. The Labute approximate surface area is 265 Å². The molecule has 1 amide bonds. The number of para-hydroxylation sites is 2. The van der Waals surface area contributed by atoms with E-state index in [0.717, 1.165) is 64.3 Å². The first-order valence-corrected chi connectivity index (χ1v) is 15.9. The molecule has 1 saturated heterocycles. The van der Waals surface area contributed by atoms with Crippen molar-refractivity contribution in [2.75, 3.05) is 20.3 Å². The minimum atomic E-state index is -0.0180. The third-order valence-electron chi connectivity index (χ3n) is 9.94. The zero-order valence-electron chi connectivity index (χ0n) is 25.5. The van der Waals surface area contributed by atoms with Gasteiger partial charge in [0.15, 0.2) is 5.82 Å². The van der Waals surface area contributed by atoms with Crippen molar-refractivity contribution in [3.05, 3.63) is 84.3 Å². The normalized spacial score (nSPS) is 20.7. The first-order chi connectivity index (χ1) is 22.6. The Morgan fingerprint density at radius 1 is 1.09 bits per heavy atom. The van der Waals surface area contributed by atoms with Gasteiger partial charge in [-0.3, -0.25) is 4.79 Å². The highest BCUT2D eigenvalue weighted by Crippen LogP contribution is 2.40. The first-order valence-electron chi connectivity index (χ1n) is 15.9. The topological polar surface area (TPSA) is 118 Å². The van der Waals surface area contributed by atoms with E-state index < -0.39 is 0 Å². The highest BCUT2D eigenvalue weighted by molar-refractivity contribution is 6.00. The lowest BCUT2D eigenvalue weighted by molar-refractivity contribution is 0.0700. The van der Waals surface area contributed by atoms with Gasteiger partial charge in [0.25, 0.3) is 5.91 Å². The van der Waals surface area contributed by atoms with E-state index in [1.165, 1.54) is 0 Å². The Morgan fingerprint density at radius 2 is 2.00 bits per heavy atom. The average Bonchev–Trinajstić information content (AvgIpc) is 3.91. The number of nitrogens with zero attached hydrogens (tertiary/aromatic N) is 7. The van der Waals surface area contributed by atoms with Crippen LogP contribution in [0.2, 0.25) is 0 Å². The molecular weight excluding hydrogens is 580 g/mol. The number of aromatic nitrogens is 6. The molecule has 232 valence electrons. The number of likely N-dealkylation sites (tertiary alicyclic amines) is 1. The molecule has 6 heterocycles. The molecule has 6 aromatic rings. The minimum absolute atomic E-state index is 0.0180. The predicted molar refractivity (Wildman–Crippen MR) is 173 cm³/mol. The van der Waals surface area contributed by atoms with Crippen molar-refractivity contribution in [2.24, 2.45) is 11.7 Å². The molecular formula is C35H34N8O3. The Hall–Kier alpha value is -5.16. The number of rotatable bonds is 2. The largest absolute Gasteiger partial charge is 0.494 e. The maximum Gasteiger partial charge on any atom is 0.254 e. The van der Waals surface area contributed by atoms with Gasteiger partial charge in [-0.25, -0.2) is 14.6 Å². The molecule has 3 atom stereocenters. The lowest BCUT2D eigenvalue weighted by atomic mass is 10.1. The van der Waals surface area contributed by atoms with Crippen molar-refractivity contribution < 1.29 is 14.3 Å². The van der Waals surface area contributed by atoms with E-state index in [-0.39, 0.29) is 18.0 Å². The van der Waals surface area contributed by atoms with Crippen LogP contribution in [0.25, 0.3) is 39.3 Å². The van der Waals surface area contributed by atoms with Crippen LogP contribution in [0.4, 0.5) is 0 Å². The summed E-state index contributed by atoms with van der Waals surface area (Å²) >= 11 is 0. The van der Waals surface area contributed by atoms with E-state index in [1.807, 2.05) is 70.6 Å². The average molecular weight is 615 g/mol. The number of amides is 1. The molecule has 2 fully saturated rings. The van der Waals surface area contributed by atoms with Crippen molar-refractivity contribution >= 4 is 28.0 Å². The van der Waals surface area contributed by atoms with Gasteiger partial charge in [0.2, 0.25) is 0 Å². The molecule has 4 bridgehead atoms. The van der Waals surface area contributed by atoms with Crippen LogP contribution in [-0.2, 0) is 13.1 Å². The number of benzene rings is 2. The number of ether oxygens (including phenoxy) is 2. The number of fused-ring (bicyclic) bond motifs is 13. The van der Waals surface area contributed by atoms with Gasteiger partial charge in [0.05, 0.1) is 37.7 Å². The highest BCUT2D eigenvalue weighted by atomic mass is 16.5. The molecule has 4 aromatic heterocycles. The fraction of sp³-hybridized carbons (Fsp3) is 0.314. The SMILES string of the molecule is COc1cc(C(=O)N2CC3CCC2[C@@H]3N)cc2nc3n(c12)Cc1cnn(c1)-c1ccccc1OCCCn1c-3cc2cccnc21. The van der Waals surface area contributed by atoms with Gasteiger partial charge in [-0.2, -0.15) is 5.10 Å². The summed E-state index contributed by atoms with van der Waals surface area (Å²) in [5.41, 5.74) is 12.2. The maximum atomic E-state index is 13.9. The van der Waals surface area contributed by atoms with Crippen molar-refractivity contribution in [1.82, 2.24) is 33.8 Å². The molecule has 2 aromatic carbocycles. The highest BCUT2D eigenvalue weighted by Gasteiger charge is 2.47. The summed E-state index contributed by atoms with van der Waals surface area (Å²) in [6.45, 7) is 2.39. The quantitative estimate of drug-likeness (QED) is 0.302. The monoisotopic (exact) mass is 614 g/mol. The molecule has 1 saturated carbocycles. The first kappa shape index (κ1) is 27.2. The smallest absolute Gasteiger partial charge is 0.254 e. The fourth-order valence-electron chi connectivity index (χ4n) is 7.73. The lowest BCUT2D eigenvalue weighted by Crippen LogP contribution is -2.41. The molecule has 46 heavy (non-hydrogen) atoms. The number of nitrogens with two attached hydrogens (primary N) is 1. The van der Waals surface area contributed by atoms with E-state index in [0.29, 0.717) is 49.0 Å². The van der Waals surface area contributed by atoms with Crippen LogP contribution >= 0.6 is 0 Å². The third-order valence-corrected chi connectivity index (χ3v) is 9.94. The van der Waals surface area contributed by atoms with Gasteiger partial charge in [-0.05, 0) is 67.6 Å². The van der Waals surface area contributed by atoms with E-state index in [9.17, 15) is 4.79 Å². The van der Waals surface area contributed by atoms with E-state index in [2.05, 4.69) is 21.3 Å². The fourth-order valence-corrected chi connectivity index (χ4v) is 7.73. The Morgan fingerprint density at radius 3 is 2.85 bits per heavy atom. The maximum absolute atomic E-state index is 13.9. The molecule has 2 unspecified atom stereocenters. The van der Waals surface area contributed by atoms with Crippen LogP contribution in [0.1, 0.15) is 35.2 Å². The number of hydrogen-bond acceptors (Lipinski definition) is 7. The number of hydrogen-bond donors (Lipinski definition) is 1. The molecule has 11 heteroatoms. The van der Waals surface area contributed by atoms with Gasteiger partial charge in [0, 0.05) is 54.1 Å². The number of piperidine rings is 1. The lowest BCUT2D eigenvalue weighted by Gasteiger charge is -2.27. The molecule has 11 nitrogen and oxygen atoms in total. The van der Waals surface area contributed by atoms with E-state index in [1.54, 1.807) is 7.11 Å². The second-order valence-electron chi connectivity index (χ2n) is 12.6.